The fourth-order valence-electron chi connectivity index (χ4n) is 2.39. The summed E-state index contributed by atoms with van der Waals surface area (Å²) >= 11 is 5.82. The maximum atomic E-state index is 12.5. The summed E-state index contributed by atoms with van der Waals surface area (Å²) in [5.41, 5.74) is 1.68. The van der Waals surface area contributed by atoms with Crippen LogP contribution >= 0.6 is 11.6 Å². The molecule has 0 aliphatic heterocycles. The maximum Gasteiger partial charge on any atom is 0.201 e. The molecule has 0 unspecified atom stereocenters. The van der Waals surface area contributed by atoms with Gasteiger partial charge in [-0.05, 0) is 47.5 Å². The fourth-order valence-corrected chi connectivity index (χ4v) is 3.74. The molecule has 0 bridgehead atoms. The van der Waals surface area contributed by atoms with Crippen LogP contribution in [0.4, 0.5) is 5.82 Å². The summed E-state index contributed by atoms with van der Waals surface area (Å²) in [4.78, 5) is 0. The first kappa shape index (κ1) is 19.1. The first-order chi connectivity index (χ1) is 13.0. The van der Waals surface area contributed by atoms with Gasteiger partial charge in [0.2, 0.25) is 9.84 Å². The van der Waals surface area contributed by atoms with Crippen molar-refractivity contribution in [1.82, 2.24) is 10.2 Å². The largest absolute Gasteiger partial charge is 0.497 e. The quantitative estimate of drug-likeness (QED) is 0.647. The Kier molecular flexibility index (Phi) is 5.93. The SMILES string of the molecule is COc1ccc(CNc2ccc(S(=O)(=O)Cc3ccc(Cl)cc3)nn2)cc1. The topological polar surface area (TPSA) is 81.2 Å². The molecular formula is C19H18ClN3O3S. The Hall–Kier alpha value is -2.64. The van der Waals surface area contributed by atoms with Crippen molar-refractivity contribution in [2.24, 2.45) is 0 Å². The normalized spacial score (nSPS) is 11.2. The lowest BCUT2D eigenvalue weighted by Gasteiger charge is -2.07. The number of anilines is 1. The zero-order valence-electron chi connectivity index (χ0n) is 14.6. The fraction of sp³-hybridized carbons (Fsp3) is 0.158. The molecule has 1 aromatic heterocycles. The summed E-state index contributed by atoms with van der Waals surface area (Å²) in [5, 5.41) is 11.4. The van der Waals surface area contributed by atoms with Crippen LogP contribution in [-0.2, 0) is 22.1 Å². The highest BCUT2D eigenvalue weighted by molar-refractivity contribution is 7.90. The van der Waals surface area contributed by atoms with E-state index in [0.29, 0.717) is 22.9 Å². The Bertz CT molecular complexity index is 990. The molecule has 0 saturated heterocycles. The third-order valence-corrected chi connectivity index (χ3v) is 5.68. The van der Waals surface area contributed by atoms with Crippen molar-refractivity contribution in [3.05, 3.63) is 76.8 Å². The van der Waals surface area contributed by atoms with Gasteiger partial charge in [0.25, 0.3) is 0 Å². The van der Waals surface area contributed by atoms with Crippen LogP contribution in [0.5, 0.6) is 5.75 Å². The summed E-state index contributed by atoms with van der Waals surface area (Å²) in [7, 11) is -1.96. The van der Waals surface area contributed by atoms with Crippen LogP contribution in [0.2, 0.25) is 5.02 Å². The van der Waals surface area contributed by atoms with Crippen molar-refractivity contribution in [2.75, 3.05) is 12.4 Å². The van der Waals surface area contributed by atoms with E-state index in [2.05, 4.69) is 15.5 Å². The van der Waals surface area contributed by atoms with Crippen LogP contribution in [0.15, 0.2) is 65.7 Å². The molecule has 3 aromatic rings. The van der Waals surface area contributed by atoms with Gasteiger partial charge in [-0.3, -0.25) is 0 Å². The average Bonchev–Trinajstić information content (AvgIpc) is 2.69. The Morgan fingerprint density at radius 1 is 0.926 bits per heavy atom. The second-order valence-electron chi connectivity index (χ2n) is 5.84. The number of nitrogens with one attached hydrogen (secondary N) is 1. The lowest BCUT2D eigenvalue weighted by molar-refractivity contribution is 0.414. The third-order valence-electron chi connectivity index (χ3n) is 3.86. The number of sulfone groups is 1. The summed E-state index contributed by atoms with van der Waals surface area (Å²) in [5.74, 6) is 1.13. The molecule has 0 saturated carbocycles. The van der Waals surface area contributed by atoms with Gasteiger partial charge in [0.15, 0.2) is 5.03 Å². The number of nitrogens with zero attached hydrogens (tertiary/aromatic N) is 2. The van der Waals surface area contributed by atoms with Crippen molar-refractivity contribution < 1.29 is 13.2 Å². The molecule has 8 heteroatoms. The van der Waals surface area contributed by atoms with Gasteiger partial charge in [0.1, 0.15) is 11.6 Å². The van der Waals surface area contributed by atoms with E-state index in [4.69, 9.17) is 16.3 Å². The van der Waals surface area contributed by atoms with Crippen LogP contribution in [-0.4, -0.2) is 25.7 Å². The summed E-state index contributed by atoms with van der Waals surface area (Å²) in [6.45, 7) is 0.537. The summed E-state index contributed by atoms with van der Waals surface area (Å²) in [6, 6.07) is 17.3. The smallest absolute Gasteiger partial charge is 0.201 e. The summed E-state index contributed by atoms with van der Waals surface area (Å²) in [6.07, 6.45) is 0. The van der Waals surface area contributed by atoms with Gasteiger partial charge in [0, 0.05) is 11.6 Å². The average molecular weight is 404 g/mol. The molecule has 0 spiro atoms. The monoisotopic (exact) mass is 403 g/mol. The first-order valence-electron chi connectivity index (χ1n) is 8.14. The van der Waals surface area contributed by atoms with Crippen molar-refractivity contribution >= 4 is 27.3 Å². The predicted octanol–water partition coefficient (Wildman–Crippen LogP) is 3.72. The van der Waals surface area contributed by atoms with Gasteiger partial charge in [-0.25, -0.2) is 8.42 Å². The lowest BCUT2D eigenvalue weighted by Crippen LogP contribution is -2.09. The molecule has 1 N–H and O–H groups in total. The Balaban J connectivity index is 1.64. The van der Waals surface area contributed by atoms with Crippen molar-refractivity contribution in [2.45, 2.75) is 17.3 Å². The van der Waals surface area contributed by atoms with Crippen LogP contribution in [0.25, 0.3) is 0 Å². The number of ether oxygens (including phenoxy) is 1. The van der Waals surface area contributed by atoms with E-state index in [1.807, 2.05) is 24.3 Å². The van der Waals surface area contributed by atoms with E-state index < -0.39 is 9.84 Å². The van der Waals surface area contributed by atoms with E-state index >= 15 is 0 Å². The highest BCUT2D eigenvalue weighted by atomic mass is 35.5. The Morgan fingerprint density at radius 3 is 2.19 bits per heavy atom. The van der Waals surface area contributed by atoms with Crippen LogP contribution in [0.1, 0.15) is 11.1 Å². The Labute approximate surface area is 163 Å². The molecule has 0 aliphatic rings. The molecule has 140 valence electrons. The minimum Gasteiger partial charge on any atom is -0.497 e. The Morgan fingerprint density at radius 2 is 1.59 bits per heavy atom. The number of rotatable bonds is 7. The minimum atomic E-state index is -3.58. The predicted molar refractivity (Wildman–Crippen MR) is 105 cm³/mol. The molecule has 0 atom stereocenters. The van der Waals surface area contributed by atoms with Crippen molar-refractivity contribution in [1.29, 1.82) is 0 Å². The van der Waals surface area contributed by atoms with Gasteiger partial charge in [-0.2, -0.15) is 0 Å². The number of benzene rings is 2. The van der Waals surface area contributed by atoms with Gasteiger partial charge in [-0.15, -0.1) is 10.2 Å². The number of hydrogen-bond acceptors (Lipinski definition) is 6. The molecule has 2 aromatic carbocycles. The third kappa shape index (κ3) is 5.18. The maximum absolute atomic E-state index is 12.5. The lowest BCUT2D eigenvalue weighted by atomic mass is 10.2. The van der Waals surface area contributed by atoms with E-state index in [0.717, 1.165) is 11.3 Å². The number of methoxy groups -OCH3 is 1. The zero-order valence-corrected chi connectivity index (χ0v) is 16.2. The molecule has 0 amide bonds. The number of halogens is 1. The highest BCUT2D eigenvalue weighted by Crippen LogP contribution is 2.17. The van der Waals surface area contributed by atoms with Crippen LogP contribution in [0.3, 0.4) is 0 Å². The number of aromatic nitrogens is 2. The standard InChI is InChI=1S/C19H18ClN3O3S/c1-26-17-8-4-14(5-9-17)12-21-18-10-11-19(23-22-18)27(24,25)13-15-2-6-16(20)7-3-15/h2-11H,12-13H2,1H3,(H,21,22). The molecular weight excluding hydrogens is 386 g/mol. The van der Waals surface area contributed by atoms with Crippen molar-refractivity contribution in [3.63, 3.8) is 0 Å². The molecule has 6 nitrogen and oxygen atoms in total. The van der Waals surface area contributed by atoms with Gasteiger partial charge in [-0.1, -0.05) is 35.9 Å². The molecule has 1 heterocycles. The second-order valence-corrected chi connectivity index (χ2v) is 8.22. The molecule has 3 rings (SSSR count). The summed E-state index contributed by atoms with van der Waals surface area (Å²) < 4.78 is 30.1. The van der Waals surface area contributed by atoms with Crippen molar-refractivity contribution in [3.8, 4) is 5.75 Å². The number of hydrogen-bond donors (Lipinski definition) is 1. The first-order valence-corrected chi connectivity index (χ1v) is 10.2. The van der Waals surface area contributed by atoms with Gasteiger partial charge < -0.3 is 10.1 Å². The van der Waals surface area contributed by atoms with E-state index in [1.54, 1.807) is 37.4 Å². The van der Waals surface area contributed by atoms with E-state index in [9.17, 15) is 8.42 Å². The van der Waals surface area contributed by atoms with Gasteiger partial charge in [0.05, 0.1) is 12.9 Å². The van der Waals surface area contributed by atoms with Gasteiger partial charge >= 0.3 is 0 Å². The molecule has 0 radical (unpaired) electrons. The van der Waals surface area contributed by atoms with Crippen LogP contribution in [0, 0.1) is 0 Å². The van der Waals surface area contributed by atoms with E-state index in [-0.39, 0.29) is 10.8 Å². The molecule has 27 heavy (non-hydrogen) atoms. The van der Waals surface area contributed by atoms with Crippen LogP contribution < -0.4 is 10.1 Å². The van der Waals surface area contributed by atoms with E-state index in [1.165, 1.54) is 6.07 Å². The second kappa shape index (κ2) is 8.37. The molecule has 0 aliphatic carbocycles. The molecule has 0 fully saturated rings. The zero-order chi connectivity index (χ0) is 19.3. The minimum absolute atomic E-state index is 0.0625. The highest BCUT2D eigenvalue weighted by Gasteiger charge is 2.17.